The zero-order valence-electron chi connectivity index (χ0n) is 14.4. The maximum Gasteiger partial charge on any atom is 0.322 e. The van der Waals surface area contributed by atoms with Crippen molar-refractivity contribution in [3.05, 3.63) is 63.9 Å². The Kier molecular flexibility index (Phi) is 4.90. The van der Waals surface area contributed by atoms with Crippen LogP contribution in [0.5, 0.6) is 17.2 Å². The van der Waals surface area contributed by atoms with E-state index in [4.69, 9.17) is 5.11 Å². The molecule has 0 aliphatic carbocycles. The summed E-state index contributed by atoms with van der Waals surface area (Å²) in [5.41, 5.74) is -0.728. The number of carbonyl (C=O) groups is 2. The highest BCUT2D eigenvalue weighted by Crippen LogP contribution is 2.35. The number of aliphatic carboxylic acids is 1. The lowest BCUT2D eigenvalue weighted by molar-refractivity contribution is -0.135. The molecule has 0 aliphatic rings. The lowest BCUT2D eigenvalue weighted by Gasteiger charge is -2.15. The third-order valence-corrected chi connectivity index (χ3v) is 4.15. The van der Waals surface area contributed by atoms with Crippen LogP contribution in [-0.4, -0.2) is 43.4 Å². The number of hydrogen-bond donors (Lipinski definition) is 5. The highest BCUT2D eigenvalue weighted by Gasteiger charge is 2.24. The van der Waals surface area contributed by atoms with Crippen molar-refractivity contribution < 1.29 is 30.0 Å². The van der Waals surface area contributed by atoms with E-state index >= 15 is 0 Å². The molecule has 28 heavy (non-hydrogen) atoms. The zero-order chi connectivity index (χ0) is 20.4. The van der Waals surface area contributed by atoms with E-state index in [1.807, 2.05) is 5.32 Å². The van der Waals surface area contributed by atoms with Crippen molar-refractivity contribution in [3.63, 3.8) is 0 Å². The van der Waals surface area contributed by atoms with Gasteiger partial charge in [-0.05, 0) is 11.6 Å². The standard InChI is InChI=1S/C19H16N2O7/c22-13-6-11-12(7-14(13)23)21(9-10-4-2-1-3-5-10)19(28)16(17(11)26)18(27)20-8-15(24)25/h1-7,22-23,26H,8-9H2,(H,20,27)(H,24,25). The normalized spacial score (nSPS) is 10.7. The highest BCUT2D eigenvalue weighted by molar-refractivity contribution is 6.03. The van der Waals surface area contributed by atoms with Crippen LogP contribution in [0.25, 0.3) is 10.9 Å². The Morgan fingerprint density at radius 2 is 1.64 bits per heavy atom. The summed E-state index contributed by atoms with van der Waals surface area (Å²) >= 11 is 0. The molecule has 0 spiro atoms. The molecule has 144 valence electrons. The number of carbonyl (C=O) groups excluding carboxylic acids is 1. The number of amides is 1. The molecule has 0 fully saturated rings. The SMILES string of the molecule is O=C(O)CNC(=O)c1c(O)c2cc(O)c(O)cc2n(Cc2ccccc2)c1=O. The van der Waals surface area contributed by atoms with Crippen molar-refractivity contribution in [2.75, 3.05) is 6.54 Å². The Balaban J connectivity index is 2.26. The first-order valence-corrected chi connectivity index (χ1v) is 8.15. The Bertz CT molecular complexity index is 1140. The summed E-state index contributed by atoms with van der Waals surface area (Å²) in [6.45, 7) is -0.727. The number of phenols is 2. The molecule has 1 aromatic heterocycles. The van der Waals surface area contributed by atoms with Gasteiger partial charge in [-0.2, -0.15) is 0 Å². The first kappa shape index (κ1) is 18.8. The fourth-order valence-electron chi connectivity index (χ4n) is 2.83. The molecule has 9 nitrogen and oxygen atoms in total. The van der Waals surface area contributed by atoms with E-state index in [1.165, 1.54) is 0 Å². The molecule has 9 heteroatoms. The molecule has 3 aromatic rings. The Labute approximate surface area is 157 Å². The molecule has 0 unspecified atom stereocenters. The summed E-state index contributed by atoms with van der Waals surface area (Å²) in [7, 11) is 0. The first-order valence-electron chi connectivity index (χ1n) is 8.15. The Morgan fingerprint density at radius 1 is 1.00 bits per heavy atom. The molecule has 1 amide bonds. The molecule has 0 radical (unpaired) electrons. The number of carboxylic acids is 1. The van der Waals surface area contributed by atoms with Gasteiger partial charge >= 0.3 is 5.97 Å². The number of aromatic hydroxyl groups is 3. The molecular formula is C19H16N2O7. The highest BCUT2D eigenvalue weighted by atomic mass is 16.4. The van der Waals surface area contributed by atoms with Gasteiger partial charge in [0.15, 0.2) is 11.5 Å². The van der Waals surface area contributed by atoms with E-state index in [1.54, 1.807) is 30.3 Å². The number of aromatic nitrogens is 1. The number of nitrogens with one attached hydrogen (secondary N) is 1. The maximum atomic E-state index is 12.9. The smallest absolute Gasteiger partial charge is 0.322 e. The van der Waals surface area contributed by atoms with E-state index in [0.29, 0.717) is 5.56 Å². The minimum absolute atomic E-state index is 0.0138. The number of fused-ring (bicyclic) bond motifs is 1. The van der Waals surface area contributed by atoms with Gasteiger partial charge in [-0.25, -0.2) is 0 Å². The van der Waals surface area contributed by atoms with Gasteiger partial charge in [0.1, 0.15) is 17.9 Å². The first-order chi connectivity index (χ1) is 13.3. The monoisotopic (exact) mass is 384 g/mol. The van der Waals surface area contributed by atoms with Gasteiger partial charge in [-0.1, -0.05) is 30.3 Å². The molecule has 5 N–H and O–H groups in total. The predicted octanol–water partition coefficient (Wildman–Crippen LogP) is 0.981. The van der Waals surface area contributed by atoms with Crippen LogP contribution < -0.4 is 10.9 Å². The summed E-state index contributed by atoms with van der Waals surface area (Å²) in [5.74, 6) is -4.16. The van der Waals surface area contributed by atoms with Gasteiger partial charge in [-0.3, -0.25) is 14.4 Å². The summed E-state index contributed by atoms with van der Waals surface area (Å²) < 4.78 is 1.15. The van der Waals surface area contributed by atoms with Crippen molar-refractivity contribution in [2.24, 2.45) is 0 Å². The lowest BCUT2D eigenvalue weighted by Crippen LogP contribution is -2.36. The van der Waals surface area contributed by atoms with Crippen LogP contribution >= 0.6 is 0 Å². The van der Waals surface area contributed by atoms with Crippen molar-refractivity contribution in [1.82, 2.24) is 9.88 Å². The Hall–Kier alpha value is -4.01. The summed E-state index contributed by atoms with van der Waals surface area (Å²) in [6, 6.07) is 10.9. The molecule has 0 saturated carbocycles. The second-order valence-electron chi connectivity index (χ2n) is 6.03. The average Bonchev–Trinajstić information content (AvgIpc) is 2.66. The quantitative estimate of drug-likeness (QED) is 0.412. The van der Waals surface area contributed by atoms with Crippen LogP contribution in [0.1, 0.15) is 15.9 Å². The molecular weight excluding hydrogens is 368 g/mol. The van der Waals surface area contributed by atoms with E-state index in [0.717, 1.165) is 16.7 Å². The summed E-state index contributed by atoms with van der Waals surface area (Å²) in [4.78, 5) is 36.0. The van der Waals surface area contributed by atoms with Gasteiger partial charge in [0, 0.05) is 11.5 Å². The fraction of sp³-hybridized carbons (Fsp3) is 0.105. The van der Waals surface area contributed by atoms with Crippen LogP contribution in [0.3, 0.4) is 0 Å². The van der Waals surface area contributed by atoms with E-state index in [9.17, 15) is 29.7 Å². The summed E-state index contributed by atoms with van der Waals surface area (Å²) in [6.07, 6.45) is 0. The average molecular weight is 384 g/mol. The largest absolute Gasteiger partial charge is 0.506 e. The molecule has 0 saturated heterocycles. The number of hydrogen-bond acceptors (Lipinski definition) is 6. The van der Waals surface area contributed by atoms with Gasteiger partial charge in [0.2, 0.25) is 0 Å². The molecule has 1 heterocycles. The zero-order valence-corrected chi connectivity index (χ0v) is 14.4. The molecule has 3 rings (SSSR count). The fourth-order valence-corrected chi connectivity index (χ4v) is 2.83. The van der Waals surface area contributed by atoms with Gasteiger partial charge in [0.25, 0.3) is 11.5 Å². The van der Waals surface area contributed by atoms with Gasteiger partial charge in [0.05, 0.1) is 12.1 Å². The number of rotatable bonds is 5. The molecule has 0 aliphatic heterocycles. The van der Waals surface area contributed by atoms with Crippen LogP contribution in [0.2, 0.25) is 0 Å². The van der Waals surface area contributed by atoms with Crippen LogP contribution in [0.4, 0.5) is 0 Å². The van der Waals surface area contributed by atoms with Crippen LogP contribution in [-0.2, 0) is 11.3 Å². The van der Waals surface area contributed by atoms with Crippen molar-refractivity contribution in [2.45, 2.75) is 6.54 Å². The second-order valence-corrected chi connectivity index (χ2v) is 6.03. The lowest BCUT2D eigenvalue weighted by atomic mass is 10.1. The third-order valence-electron chi connectivity index (χ3n) is 4.15. The number of benzene rings is 2. The second kappa shape index (κ2) is 7.31. The van der Waals surface area contributed by atoms with Crippen molar-refractivity contribution in [3.8, 4) is 17.2 Å². The third kappa shape index (κ3) is 3.45. The molecule has 0 atom stereocenters. The van der Waals surface area contributed by atoms with Crippen molar-refractivity contribution in [1.29, 1.82) is 0 Å². The van der Waals surface area contributed by atoms with E-state index in [2.05, 4.69) is 0 Å². The van der Waals surface area contributed by atoms with Crippen LogP contribution in [0.15, 0.2) is 47.3 Å². The van der Waals surface area contributed by atoms with Crippen LogP contribution in [0, 0.1) is 0 Å². The minimum Gasteiger partial charge on any atom is -0.506 e. The Morgan fingerprint density at radius 3 is 2.29 bits per heavy atom. The predicted molar refractivity (Wildman–Crippen MR) is 98.7 cm³/mol. The minimum atomic E-state index is -1.32. The molecule has 0 bridgehead atoms. The van der Waals surface area contributed by atoms with E-state index < -0.39 is 46.8 Å². The number of pyridine rings is 1. The van der Waals surface area contributed by atoms with Gasteiger partial charge in [-0.15, -0.1) is 0 Å². The number of carboxylic acid groups (broad SMARTS) is 1. The summed E-state index contributed by atoms with van der Waals surface area (Å²) in [5, 5.41) is 40.8. The van der Waals surface area contributed by atoms with E-state index in [-0.39, 0.29) is 17.4 Å². The molecule has 2 aromatic carbocycles. The topological polar surface area (TPSA) is 149 Å². The maximum absolute atomic E-state index is 12.9. The van der Waals surface area contributed by atoms with Crippen molar-refractivity contribution >= 4 is 22.8 Å². The number of nitrogens with zero attached hydrogens (tertiary/aromatic N) is 1. The van der Waals surface area contributed by atoms with Gasteiger partial charge < -0.3 is 30.3 Å². The number of phenolic OH excluding ortho intramolecular Hbond substituents is 2.